The van der Waals surface area contributed by atoms with Gasteiger partial charge >= 0.3 is 0 Å². The molecule has 1 atom stereocenters. The van der Waals surface area contributed by atoms with Crippen LogP contribution in [-0.4, -0.2) is 44.9 Å². The van der Waals surface area contributed by atoms with Crippen LogP contribution in [0.5, 0.6) is 11.5 Å². The second kappa shape index (κ2) is 7.89. The number of H-pyrrole nitrogens is 1. The van der Waals surface area contributed by atoms with Crippen molar-refractivity contribution in [3.8, 4) is 22.8 Å². The summed E-state index contributed by atoms with van der Waals surface area (Å²) in [6, 6.07) is 21.0. The van der Waals surface area contributed by atoms with Crippen molar-refractivity contribution in [1.29, 1.82) is 0 Å². The van der Waals surface area contributed by atoms with Gasteiger partial charge in [0, 0.05) is 31.2 Å². The minimum atomic E-state index is 0.378. The zero-order valence-corrected chi connectivity index (χ0v) is 16.7. The molecule has 2 aromatic carbocycles. The summed E-state index contributed by atoms with van der Waals surface area (Å²) in [5.74, 6) is 2.96. The van der Waals surface area contributed by atoms with Crippen LogP contribution in [0.1, 0.15) is 6.92 Å². The largest absolute Gasteiger partial charge is 0.496 e. The second-order valence-corrected chi connectivity index (χ2v) is 7.12. The Bertz CT molecular complexity index is 937. The summed E-state index contributed by atoms with van der Waals surface area (Å²) in [6.45, 7) is 5.12. The third-order valence-corrected chi connectivity index (χ3v) is 5.43. The number of nitrogens with one attached hydrogen (secondary N) is 1. The lowest BCUT2D eigenvalue weighted by Gasteiger charge is -2.42. The van der Waals surface area contributed by atoms with Gasteiger partial charge in [-0.3, -0.25) is 0 Å². The van der Waals surface area contributed by atoms with Crippen LogP contribution >= 0.6 is 0 Å². The Morgan fingerprint density at radius 2 is 1.57 bits per heavy atom. The number of methoxy groups -OCH3 is 2. The summed E-state index contributed by atoms with van der Waals surface area (Å²) in [7, 11) is 3.44. The van der Waals surface area contributed by atoms with Crippen LogP contribution in [0, 0.1) is 0 Å². The van der Waals surface area contributed by atoms with Crippen molar-refractivity contribution in [3.05, 3.63) is 60.7 Å². The molecule has 0 aliphatic carbocycles. The average Bonchev–Trinajstić information content (AvgIpc) is 3.23. The number of para-hydroxylation sites is 3. The Balaban J connectivity index is 1.52. The molecule has 1 aliphatic heterocycles. The number of aromatic amines is 1. The van der Waals surface area contributed by atoms with Gasteiger partial charge in [0.1, 0.15) is 17.3 Å². The molecule has 146 valence electrons. The van der Waals surface area contributed by atoms with Gasteiger partial charge in [0.2, 0.25) is 0 Å². The molecule has 0 radical (unpaired) electrons. The molecule has 2 heterocycles. The van der Waals surface area contributed by atoms with E-state index < -0.39 is 0 Å². The van der Waals surface area contributed by atoms with Crippen molar-refractivity contribution < 1.29 is 9.47 Å². The lowest BCUT2D eigenvalue weighted by Crippen LogP contribution is -2.52. The van der Waals surface area contributed by atoms with Gasteiger partial charge < -0.3 is 24.3 Å². The highest BCUT2D eigenvalue weighted by Gasteiger charge is 2.26. The molecule has 0 amide bonds. The third-order valence-electron chi connectivity index (χ3n) is 5.43. The number of anilines is 2. The number of piperazine rings is 1. The predicted octanol–water partition coefficient (Wildman–Crippen LogP) is 4.41. The van der Waals surface area contributed by atoms with E-state index in [1.54, 1.807) is 14.2 Å². The lowest BCUT2D eigenvalue weighted by atomic mass is 10.1. The Kier molecular flexibility index (Phi) is 5.15. The Morgan fingerprint density at radius 3 is 2.32 bits per heavy atom. The molecule has 1 aromatic heterocycles. The summed E-state index contributed by atoms with van der Waals surface area (Å²) in [5, 5.41) is 0. The minimum absolute atomic E-state index is 0.378. The Hall–Kier alpha value is -3.08. The average molecular weight is 377 g/mol. The number of ether oxygens (including phenoxy) is 2. The van der Waals surface area contributed by atoms with Gasteiger partial charge in [-0.2, -0.15) is 0 Å². The number of hydrogen-bond acceptors (Lipinski definition) is 4. The zero-order valence-electron chi connectivity index (χ0n) is 16.7. The monoisotopic (exact) mass is 377 g/mol. The predicted molar refractivity (Wildman–Crippen MR) is 115 cm³/mol. The van der Waals surface area contributed by atoms with Crippen LogP contribution in [0.25, 0.3) is 11.3 Å². The molecule has 3 aromatic rings. The number of nitrogens with zero attached hydrogens (tertiary/aromatic N) is 2. The van der Waals surface area contributed by atoms with Crippen molar-refractivity contribution >= 4 is 11.5 Å². The van der Waals surface area contributed by atoms with Crippen LogP contribution in [0.3, 0.4) is 0 Å². The zero-order chi connectivity index (χ0) is 19.5. The van der Waals surface area contributed by atoms with Gasteiger partial charge in [0.15, 0.2) is 0 Å². The first kappa shape index (κ1) is 18.3. The van der Waals surface area contributed by atoms with E-state index in [1.165, 1.54) is 0 Å². The molecule has 28 heavy (non-hydrogen) atoms. The third kappa shape index (κ3) is 3.40. The van der Waals surface area contributed by atoms with Crippen molar-refractivity contribution in [2.45, 2.75) is 13.0 Å². The molecule has 1 saturated heterocycles. The highest BCUT2D eigenvalue weighted by atomic mass is 16.5. The maximum atomic E-state index is 5.55. The van der Waals surface area contributed by atoms with E-state index in [9.17, 15) is 0 Å². The van der Waals surface area contributed by atoms with E-state index in [1.807, 2.05) is 30.3 Å². The number of hydrogen-bond donors (Lipinski definition) is 1. The maximum Gasteiger partial charge on any atom is 0.142 e. The fourth-order valence-electron chi connectivity index (χ4n) is 4.00. The molecule has 1 fully saturated rings. The van der Waals surface area contributed by atoms with Crippen LogP contribution in [-0.2, 0) is 0 Å². The van der Waals surface area contributed by atoms with Crippen molar-refractivity contribution in [1.82, 2.24) is 4.98 Å². The summed E-state index contributed by atoms with van der Waals surface area (Å²) in [6.07, 6.45) is 0. The van der Waals surface area contributed by atoms with Crippen LogP contribution in [0.4, 0.5) is 11.5 Å². The second-order valence-electron chi connectivity index (χ2n) is 7.12. The van der Waals surface area contributed by atoms with Gasteiger partial charge in [-0.05, 0) is 43.3 Å². The smallest absolute Gasteiger partial charge is 0.142 e. The number of benzene rings is 2. The molecule has 0 spiro atoms. The fraction of sp³-hybridized carbons (Fsp3) is 0.304. The molecule has 0 bridgehead atoms. The molecular formula is C23H27N3O2. The Labute approximate surface area is 166 Å². The van der Waals surface area contributed by atoms with Gasteiger partial charge in [-0.15, -0.1) is 0 Å². The first-order valence-corrected chi connectivity index (χ1v) is 9.68. The summed E-state index contributed by atoms with van der Waals surface area (Å²) in [5.41, 5.74) is 3.32. The molecule has 5 heteroatoms. The molecule has 4 rings (SSSR count). The van der Waals surface area contributed by atoms with Crippen LogP contribution in [0.2, 0.25) is 0 Å². The normalized spacial score (nSPS) is 16.9. The summed E-state index contributed by atoms with van der Waals surface area (Å²) < 4.78 is 11.1. The van der Waals surface area contributed by atoms with Crippen molar-refractivity contribution in [3.63, 3.8) is 0 Å². The van der Waals surface area contributed by atoms with E-state index in [0.29, 0.717) is 6.04 Å². The minimum Gasteiger partial charge on any atom is -0.496 e. The van der Waals surface area contributed by atoms with Gasteiger partial charge in [-0.1, -0.05) is 24.3 Å². The highest BCUT2D eigenvalue weighted by Crippen LogP contribution is 2.33. The van der Waals surface area contributed by atoms with Gasteiger partial charge in [0.25, 0.3) is 0 Å². The highest BCUT2D eigenvalue weighted by molar-refractivity contribution is 5.70. The number of aromatic nitrogens is 1. The van der Waals surface area contributed by atoms with E-state index in [4.69, 9.17) is 9.47 Å². The standard InChI is InChI=1S/C23H27N3O2/c1-17-16-25(20-9-5-7-11-22(20)28-3)14-15-26(17)23-13-12-19(24-23)18-8-4-6-10-21(18)27-2/h4-13,17,24H,14-16H2,1-3H3. The maximum absolute atomic E-state index is 5.55. The van der Waals surface area contributed by atoms with Crippen molar-refractivity contribution in [2.24, 2.45) is 0 Å². The van der Waals surface area contributed by atoms with E-state index in [2.05, 4.69) is 52.0 Å². The topological polar surface area (TPSA) is 40.7 Å². The molecule has 1 aliphatic rings. The van der Waals surface area contributed by atoms with Crippen LogP contribution < -0.4 is 19.3 Å². The number of rotatable bonds is 5. The van der Waals surface area contributed by atoms with Crippen LogP contribution in [0.15, 0.2) is 60.7 Å². The van der Waals surface area contributed by atoms with E-state index in [-0.39, 0.29) is 0 Å². The molecule has 5 nitrogen and oxygen atoms in total. The first-order chi connectivity index (χ1) is 13.7. The molecule has 1 N–H and O–H groups in total. The molecule has 0 saturated carbocycles. The van der Waals surface area contributed by atoms with Gasteiger partial charge in [0.05, 0.1) is 25.6 Å². The lowest BCUT2D eigenvalue weighted by molar-refractivity contribution is 0.412. The fourth-order valence-corrected chi connectivity index (χ4v) is 4.00. The SMILES string of the molecule is COc1ccccc1-c1ccc(N2CCN(c3ccccc3OC)CC2C)[nH]1. The van der Waals surface area contributed by atoms with E-state index >= 15 is 0 Å². The Morgan fingerprint density at radius 1 is 0.857 bits per heavy atom. The molecule has 1 unspecified atom stereocenters. The first-order valence-electron chi connectivity index (χ1n) is 9.68. The summed E-state index contributed by atoms with van der Waals surface area (Å²) >= 11 is 0. The van der Waals surface area contributed by atoms with E-state index in [0.717, 1.165) is 53.9 Å². The van der Waals surface area contributed by atoms with Crippen molar-refractivity contribution in [2.75, 3.05) is 43.7 Å². The molecular weight excluding hydrogens is 350 g/mol. The summed E-state index contributed by atoms with van der Waals surface area (Å²) in [4.78, 5) is 8.43. The van der Waals surface area contributed by atoms with Gasteiger partial charge in [-0.25, -0.2) is 0 Å². The quantitative estimate of drug-likeness (QED) is 0.715.